The van der Waals surface area contributed by atoms with Crippen molar-refractivity contribution in [1.29, 1.82) is 0 Å². The maximum absolute atomic E-state index is 13.0. The van der Waals surface area contributed by atoms with Gasteiger partial charge < -0.3 is 40.0 Å². The number of nitrogens with one attached hydrogen (secondary N) is 3. The van der Waals surface area contributed by atoms with E-state index in [0.29, 0.717) is 91.2 Å². The SMILES string of the molecule is CC(=O)N[C@@H](CCCCN=[N+]=[N-])C(=O)N[C@@H](CCCCN=[N+]=[N-])C(=O)NCCOCCOCCOCCOCCCC(=O)O. The summed E-state index contributed by atoms with van der Waals surface area (Å²) in [4.78, 5) is 53.3. The molecule has 0 aromatic carbocycles. The molecular formula is C26H47N9O9. The molecule has 4 N–H and O–H groups in total. The average molecular weight is 630 g/mol. The number of rotatable bonds is 30. The van der Waals surface area contributed by atoms with Crippen LogP contribution in [0.3, 0.4) is 0 Å². The van der Waals surface area contributed by atoms with Crippen LogP contribution in [0.4, 0.5) is 0 Å². The molecule has 0 aromatic rings. The maximum Gasteiger partial charge on any atom is 0.303 e. The molecule has 0 fully saturated rings. The molecule has 0 aliphatic heterocycles. The lowest BCUT2D eigenvalue weighted by Gasteiger charge is -2.23. The molecule has 0 radical (unpaired) electrons. The van der Waals surface area contributed by atoms with E-state index in [2.05, 4.69) is 36.0 Å². The van der Waals surface area contributed by atoms with Crippen LogP contribution in [-0.4, -0.2) is 113 Å². The van der Waals surface area contributed by atoms with Crippen molar-refractivity contribution >= 4 is 23.7 Å². The second kappa shape index (κ2) is 29.4. The molecule has 0 unspecified atom stereocenters. The second-order valence-electron chi connectivity index (χ2n) is 9.45. The molecule has 0 bridgehead atoms. The maximum atomic E-state index is 13.0. The van der Waals surface area contributed by atoms with Crippen molar-refractivity contribution < 1.29 is 43.2 Å². The summed E-state index contributed by atoms with van der Waals surface area (Å²) in [6.45, 7) is 4.79. The number of azide groups is 2. The lowest BCUT2D eigenvalue weighted by molar-refractivity contribution is -0.137. The van der Waals surface area contributed by atoms with Crippen molar-refractivity contribution in [3.63, 3.8) is 0 Å². The van der Waals surface area contributed by atoms with Crippen LogP contribution in [0.15, 0.2) is 10.2 Å². The number of carboxylic acid groups (broad SMARTS) is 1. The van der Waals surface area contributed by atoms with Crippen LogP contribution in [-0.2, 0) is 38.1 Å². The van der Waals surface area contributed by atoms with Gasteiger partial charge in [-0.25, -0.2) is 0 Å². The van der Waals surface area contributed by atoms with E-state index in [4.69, 9.17) is 35.1 Å². The van der Waals surface area contributed by atoms with Crippen molar-refractivity contribution in [3.8, 4) is 0 Å². The fraction of sp³-hybridized carbons (Fsp3) is 0.846. The summed E-state index contributed by atoms with van der Waals surface area (Å²) in [6.07, 6.45) is 3.28. The number of unbranched alkanes of at least 4 members (excludes halogenated alkanes) is 2. The van der Waals surface area contributed by atoms with Gasteiger partial charge in [-0.2, -0.15) is 0 Å². The third kappa shape index (κ3) is 26.0. The monoisotopic (exact) mass is 629 g/mol. The van der Waals surface area contributed by atoms with E-state index < -0.39 is 29.9 Å². The number of aliphatic carboxylic acids is 1. The molecule has 0 rings (SSSR count). The Morgan fingerprint density at radius 1 is 0.682 bits per heavy atom. The van der Waals surface area contributed by atoms with Gasteiger partial charge in [-0.1, -0.05) is 23.1 Å². The molecule has 0 heterocycles. The van der Waals surface area contributed by atoms with Crippen molar-refractivity contribution in [2.45, 2.75) is 70.4 Å². The van der Waals surface area contributed by atoms with Gasteiger partial charge >= 0.3 is 5.97 Å². The molecular weight excluding hydrogens is 582 g/mol. The molecule has 0 aliphatic carbocycles. The summed E-state index contributed by atoms with van der Waals surface area (Å²) in [5.74, 6) is -2.14. The van der Waals surface area contributed by atoms with Gasteiger partial charge in [0.2, 0.25) is 17.7 Å². The number of carbonyl (C=O) groups excluding carboxylic acids is 3. The summed E-state index contributed by atoms with van der Waals surface area (Å²) >= 11 is 0. The number of amides is 3. The largest absolute Gasteiger partial charge is 0.481 e. The Labute approximate surface area is 257 Å². The van der Waals surface area contributed by atoms with Crippen LogP contribution in [0.2, 0.25) is 0 Å². The first kappa shape index (κ1) is 40.3. The van der Waals surface area contributed by atoms with E-state index in [1.54, 1.807) is 0 Å². The summed E-state index contributed by atoms with van der Waals surface area (Å²) < 4.78 is 21.5. The molecule has 0 saturated heterocycles. The molecule has 0 aromatic heterocycles. The first-order chi connectivity index (χ1) is 21.3. The number of nitrogens with zero attached hydrogens (tertiary/aromatic N) is 6. The quantitative estimate of drug-likeness (QED) is 0.0391. The summed E-state index contributed by atoms with van der Waals surface area (Å²) in [5, 5.41) is 23.5. The third-order valence-corrected chi connectivity index (χ3v) is 5.80. The highest BCUT2D eigenvalue weighted by Crippen LogP contribution is 2.06. The Morgan fingerprint density at radius 2 is 1.16 bits per heavy atom. The Morgan fingerprint density at radius 3 is 1.64 bits per heavy atom. The van der Waals surface area contributed by atoms with Crippen LogP contribution < -0.4 is 16.0 Å². The Hall–Kier alpha value is -3.66. The highest BCUT2D eigenvalue weighted by atomic mass is 16.6. The Bertz CT molecular complexity index is 913. The minimum Gasteiger partial charge on any atom is -0.481 e. The van der Waals surface area contributed by atoms with Gasteiger partial charge in [0, 0.05) is 49.4 Å². The first-order valence-corrected chi connectivity index (χ1v) is 14.7. The van der Waals surface area contributed by atoms with E-state index in [1.165, 1.54) is 6.92 Å². The molecule has 44 heavy (non-hydrogen) atoms. The standard InChI is InChI=1S/C26H47N9O9/c1-21(36)32-23(8-3-5-11-31-35-28)26(40)33-22(7-2-4-10-30-34-27)25(39)29-12-14-42-16-18-44-20-19-43-17-15-41-13-6-9-24(37)38/h22-23H,2-20H2,1H3,(H,29,39)(H,32,36)(H,33,40)(H,37,38)/t22-,23-/m0/s1. The van der Waals surface area contributed by atoms with Gasteiger partial charge in [-0.3, -0.25) is 19.2 Å². The van der Waals surface area contributed by atoms with E-state index in [-0.39, 0.29) is 38.6 Å². The molecule has 2 atom stereocenters. The Kier molecular flexibility index (Phi) is 27.0. The number of carboxylic acids is 1. The predicted molar refractivity (Wildman–Crippen MR) is 158 cm³/mol. The number of hydrogen-bond acceptors (Lipinski definition) is 10. The van der Waals surface area contributed by atoms with E-state index >= 15 is 0 Å². The van der Waals surface area contributed by atoms with Gasteiger partial charge in [0.05, 0.1) is 46.2 Å². The molecule has 0 spiro atoms. The zero-order valence-electron chi connectivity index (χ0n) is 25.5. The zero-order chi connectivity index (χ0) is 32.7. The summed E-state index contributed by atoms with van der Waals surface area (Å²) in [7, 11) is 0. The highest BCUT2D eigenvalue weighted by molar-refractivity contribution is 5.91. The first-order valence-electron chi connectivity index (χ1n) is 14.7. The Balaban J connectivity index is 4.38. The lowest BCUT2D eigenvalue weighted by atomic mass is 10.1. The average Bonchev–Trinajstić information content (AvgIpc) is 2.98. The number of carbonyl (C=O) groups is 4. The van der Waals surface area contributed by atoms with E-state index in [9.17, 15) is 19.2 Å². The minimum atomic E-state index is -0.869. The van der Waals surface area contributed by atoms with Crippen molar-refractivity contribution in [3.05, 3.63) is 20.9 Å². The summed E-state index contributed by atoms with van der Waals surface area (Å²) in [6, 6.07) is -1.72. The van der Waals surface area contributed by atoms with Gasteiger partial charge in [-0.05, 0) is 43.2 Å². The van der Waals surface area contributed by atoms with E-state index in [0.717, 1.165) is 0 Å². The van der Waals surface area contributed by atoms with Crippen LogP contribution in [0.25, 0.3) is 20.9 Å². The van der Waals surface area contributed by atoms with Crippen LogP contribution >= 0.6 is 0 Å². The molecule has 0 saturated carbocycles. The fourth-order valence-corrected chi connectivity index (χ4v) is 3.66. The van der Waals surface area contributed by atoms with Gasteiger partial charge in [-0.15, -0.1) is 0 Å². The van der Waals surface area contributed by atoms with Crippen molar-refractivity contribution in [1.82, 2.24) is 16.0 Å². The van der Waals surface area contributed by atoms with Gasteiger partial charge in [0.1, 0.15) is 12.1 Å². The molecule has 3 amide bonds. The topological polar surface area (TPSA) is 259 Å². The second-order valence-corrected chi connectivity index (χ2v) is 9.45. The number of ether oxygens (including phenoxy) is 4. The molecule has 0 aliphatic rings. The van der Waals surface area contributed by atoms with Crippen LogP contribution in [0, 0.1) is 0 Å². The van der Waals surface area contributed by atoms with Crippen LogP contribution in [0.5, 0.6) is 0 Å². The molecule has 18 nitrogen and oxygen atoms in total. The number of hydrogen-bond donors (Lipinski definition) is 4. The van der Waals surface area contributed by atoms with Gasteiger partial charge in [0.25, 0.3) is 0 Å². The van der Waals surface area contributed by atoms with Gasteiger partial charge in [0.15, 0.2) is 0 Å². The third-order valence-electron chi connectivity index (χ3n) is 5.80. The molecule has 18 heteroatoms. The normalized spacial score (nSPS) is 11.8. The van der Waals surface area contributed by atoms with Crippen LogP contribution in [0.1, 0.15) is 58.3 Å². The fourth-order valence-electron chi connectivity index (χ4n) is 3.66. The molecule has 250 valence electrons. The van der Waals surface area contributed by atoms with Crippen molar-refractivity contribution in [2.24, 2.45) is 10.2 Å². The predicted octanol–water partition coefficient (Wildman–Crippen LogP) is 1.98. The summed E-state index contributed by atoms with van der Waals surface area (Å²) in [5.41, 5.74) is 16.8. The lowest BCUT2D eigenvalue weighted by Crippen LogP contribution is -2.53. The van der Waals surface area contributed by atoms with E-state index in [1.807, 2.05) is 0 Å². The zero-order valence-corrected chi connectivity index (χ0v) is 25.5. The van der Waals surface area contributed by atoms with Crippen molar-refractivity contribution in [2.75, 3.05) is 72.5 Å². The smallest absolute Gasteiger partial charge is 0.303 e. The minimum absolute atomic E-state index is 0.0779. The highest BCUT2D eigenvalue weighted by Gasteiger charge is 2.25.